The van der Waals surface area contributed by atoms with E-state index < -0.39 is 6.10 Å². The average Bonchev–Trinajstić information content (AvgIpc) is 2.90. The standard InChI is InChI=1S/C17H21NO2/c1-12-15(17(19)14-5-3-2-4-6-14)11-16(20-12)13-7-9-18-10-8-13/h7-11,14,17,19H,2-6H2,1H3. The van der Waals surface area contributed by atoms with E-state index in [0.717, 1.165) is 35.5 Å². The van der Waals surface area contributed by atoms with E-state index in [4.69, 9.17) is 4.42 Å². The van der Waals surface area contributed by atoms with Crippen molar-refractivity contribution in [3.05, 3.63) is 41.9 Å². The number of rotatable bonds is 3. The molecule has 0 aromatic carbocycles. The van der Waals surface area contributed by atoms with Crippen molar-refractivity contribution in [2.24, 2.45) is 5.92 Å². The van der Waals surface area contributed by atoms with Crippen LogP contribution in [0.2, 0.25) is 0 Å². The molecule has 1 fully saturated rings. The Morgan fingerprint density at radius 3 is 2.60 bits per heavy atom. The van der Waals surface area contributed by atoms with E-state index in [0.29, 0.717) is 5.92 Å². The van der Waals surface area contributed by atoms with E-state index in [2.05, 4.69) is 4.98 Å². The van der Waals surface area contributed by atoms with E-state index in [1.165, 1.54) is 19.3 Å². The Kier molecular flexibility index (Phi) is 3.88. The number of pyridine rings is 1. The molecule has 0 aliphatic heterocycles. The van der Waals surface area contributed by atoms with E-state index in [-0.39, 0.29) is 0 Å². The number of hydrogen-bond acceptors (Lipinski definition) is 3. The van der Waals surface area contributed by atoms with Gasteiger partial charge in [0.15, 0.2) is 0 Å². The summed E-state index contributed by atoms with van der Waals surface area (Å²) < 4.78 is 5.82. The summed E-state index contributed by atoms with van der Waals surface area (Å²) in [5.41, 5.74) is 1.95. The van der Waals surface area contributed by atoms with Gasteiger partial charge in [-0.1, -0.05) is 19.3 Å². The highest BCUT2D eigenvalue weighted by Gasteiger charge is 2.26. The summed E-state index contributed by atoms with van der Waals surface area (Å²) in [5.74, 6) is 2.02. The number of nitrogens with zero attached hydrogens (tertiary/aromatic N) is 1. The van der Waals surface area contributed by atoms with E-state index >= 15 is 0 Å². The Morgan fingerprint density at radius 1 is 1.20 bits per heavy atom. The van der Waals surface area contributed by atoms with Crippen LogP contribution in [0.5, 0.6) is 0 Å². The highest BCUT2D eigenvalue weighted by atomic mass is 16.3. The number of aromatic nitrogens is 1. The van der Waals surface area contributed by atoms with Crippen molar-refractivity contribution < 1.29 is 9.52 Å². The summed E-state index contributed by atoms with van der Waals surface area (Å²) >= 11 is 0. The van der Waals surface area contributed by atoms with Gasteiger partial charge in [0.2, 0.25) is 0 Å². The van der Waals surface area contributed by atoms with Crippen LogP contribution in [-0.4, -0.2) is 10.1 Å². The van der Waals surface area contributed by atoms with Crippen molar-refractivity contribution in [3.63, 3.8) is 0 Å². The number of hydrogen-bond donors (Lipinski definition) is 1. The van der Waals surface area contributed by atoms with Crippen molar-refractivity contribution in [1.82, 2.24) is 4.98 Å². The Morgan fingerprint density at radius 2 is 1.90 bits per heavy atom. The third kappa shape index (κ3) is 2.63. The largest absolute Gasteiger partial charge is 0.461 e. The van der Waals surface area contributed by atoms with Gasteiger partial charge < -0.3 is 9.52 Å². The first kappa shape index (κ1) is 13.4. The molecule has 20 heavy (non-hydrogen) atoms. The second kappa shape index (κ2) is 5.80. The number of aliphatic hydroxyl groups excluding tert-OH is 1. The van der Waals surface area contributed by atoms with Crippen LogP contribution in [0.15, 0.2) is 35.0 Å². The fourth-order valence-corrected chi connectivity index (χ4v) is 3.15. The molecule has 1 N–H and O–H groups in total. The van der Waals surface area contributed by atoms with Gasteiger partial charge in [-0.3, -0.25) is 4.98 Å². The molecule has 0 saturated heterocycles. The van der Waals surface area contributed by atoms with Gasteiger partial charge in [0.1, 0.15) is 11.5 Å². The molecule has 3 nitrogen and oxygen atoms in total. The molecule has 1 aliphatic carbocycles. The van der Waals surface area contributed by atoms with Crippen LogP contribution in [0.25, 0.3) is 11.3 Å². The molecular weight excluding hydrogens is 250 g/mol. The minimum atomic E-state index is -0.394. The van der Waals surface area contributed by atoms with Crippen LogP contribution in [0.4, 0.5) is 0 Å². The average molecular weight is 271 g/mol. The first-order valence-corrected chi connectivity index (χ1v) is 7.44. The minimum Gasteiger partial charge on any atom is -0.461 e. The minimum absolute atomic E-state index is 0.380. The van der Waals surface area contributed by atoms with Crippen molar-refractivity contribution in [3.8, 4) is 11.3 Å². The topological polar surface area (TPSA) is 46.3 Å². The summed E-state index contributed by atoms with van der Waals surface area (Å²) in [7, 11) is 0. The van der Waals surface area contributed by atoms with Crippen LogP contribution in [-0.2, 0) is 0 Å². The molecule has 0 amide bonds. The summed E-state index contributed by atoms with van der Waals surface area (Å²) in [6.07, 6.45) is 9.12. The predicted octanol–water partition coefficient (Wildman–Crippen LogP) is 4.26. The normalized spacial score (nSPS) is 18.1. The second-order valence-electron chi connectivity index (χ2n) is 5.70. The molecule has 0 spiro atoms. The molecule has 3 rings (SSSR count). The number of aliphatic hydroxyl groups is 1. The van der Waals surface area contributed by atoms with Crippen LogP contribution < -0.4 is 0 Å². The quantitative estimate of drug-likeness (QED) is 0.907. The molecule has 1 unspecified atom stereocenters. The van der Waals surface area contributed by atoms with Crippen LogP contribution >= 0.6 is 0 Å². The molecule has 0 radical (unpaired) electrons. The molecule has 1 atom stereocenters. The molecular formula is C17H21NO2. The van der Waals surface area contributed by atoms with Gasteiger partial charge in [-0.05, 0) is 43.9 Å². The van der Waals surface area contributed by atoms with E-state index in [1.54, 1.807) is 12.4 Å². The molecule has 1 saturated carbocycles. The highest BCUT2D eigenvalue weighted by molar-refractivity contribution is 5.58. The van der Waals surface area contributed by atoms with E-state index in [9.17, 15) is 5.11 Å². The molecule has 2 aromatic heterocycles. The second-order valence-corrected chi connectivity index (χ2v) is 5.70. The van der Waals surface area contributed by atoms with Crippen molar-refractivity contribution in [2.45, 2.75) is 45.1 Å². The van der Waals surface area contributed by atoms with Crippen molar-refractivity contribution in [2.75, 3.05) is 0 Å². The van der Waals surface area contributed by atoms with Gasteiger partial charge in [-0.2, -0.15) is 0 Å². The summed E-state index contributed by atoms with van der Waals surface area (Å²) in [4.78, 5) is 4.02. The Labute approximate surface area is 119 Å². The van der Waals surface area contributed by atoms with Crippen LogP contribution in [0.3, 0.4) is 0 Å². The van der Waals surface area contributed by atoms with Crippen molar-refractivity contribution in [1.29, 1.82) is 0 Å². The zero-order valence-electron chi connectivity index (χ0n) is 11.9. The van der Waals surface area contributed by atoms with Crippen LogP contribution in [0.1, 0.15) is 49.5 Å². The summed E-state index contributed by atoms with van der Waals surface area (Å²) in [5, 5.41) is 10.6. The molecule has 3 heteroatoms. The molecule has 1 aliphatic rings. The van der Waals surface area contributed by atoms with Gasteiger partial charge in [-0.15, -0.1) is 0 Å². The first-order chi connectivity index (χ1) is 9.75. The van der Waals surface area contributed by atoms with Gasteiger partial charge in [0.25, 0.3) is 0 Å². The lowest BCUT2D eigenvalue weighted by molar-refractivity contribution is 0.0835. The predicted molar refractivity (Wildman–Crippen MR) is 78.2 cm³/mol. The smallest absolute Gasteiger partial charge is 0.134 e. The van der Waals surface area contributed by atoms with Gasteiger partial charge >= 0.3 is 0 Å². The molecule has 2 heterocycles. The molecule has 2 aromatic rings. The summed E-state index contributed by atoms with van der Waals surface area (Å²) in [6.45, 7) is 1.94. The fourth-order valence-electron chi connectivity index (χ4n) is 3.15. The molecule has 0 bridgehead atoms. The maximum absolute atomic E-state index is 10.6. The van der Waals surface area contributed by atoms with E-state index in [1.807, 2.05) is 25.1 Å². The van der Waals surface area contributed by atoms with Gasteiger partial charge in [0.05, 0.1) is 6.10 Å². The lowest BCUT2D eigenvalue weighted by atomic mass is 9.83. The number of furan rings is 1. The lowest BCUT2D eigenvalue weighted by Crippen LogP contribution is -2.16. The Hall–Kier alpha value is -1.61. The summed E-state index contributed by atoms with van der Waals surface area (Å²) in [6, 6.07) is 5.84. The van der Waals surface area contributed by atoms with Gasteiger partial charge in [0, 0.05) is 23.5 Å². The van der Waals surface area contributed by atoms with Gasteiger partial charge in [-0.25, -0.2) is 0 Å². The Balaban J connectivity index is 1.85. The zero-order valence-corrected chi connectivity index (χ0v) is 11.9. The van der Waals surface area contributed by atoms with Crippen molar-refractivity contribution >= 4 is 0 Å². The highest BCUT2D eigenvalue weighted by Crippen LogP contribution is 2.38. The maximum Gasteiger partial charge on any atom is 0.134 e. The maximum atomic E-state index is 10.6. The third-order valence-electron chi connectivity index (χ3n) is 4.34. The number of aryl methyl sites for hydroxylation is 1. The monoisotopic (exact) mass is 271 g/mol. The fraction of sp³-hybridized carbons (Fsp3) is 0.471. The first-order valence-electron chi connectivity index (χ1n) is 7.44. The SMILES string of the molecule is Cc1oc(-c2ccncc2)cc1C(O)C1CCCCC1. The van der Waals surface area contributed by atoms with Crippen LogP contribution in [0, 0.1) is 12.8 Å². The zero-order chi connectivity index (χ0) is 13.9. The lowest BCUT2D eigenvalue weighted by Gasteiger charge is -2.26. The third-order valence-corrected chi connectivity index (χ3v) is 4.34. The molecule has 106 valence electrons. The Bertz CT molecular complexity index is 556.